The fraction of sp³-hybridized carbons (Fsp3) is 0.923. The molecule has 2 fully saturated rings. The number of ether oxygens (including phenoxy) is 1. The van der Waals surface area contributed by atoms with E-state index in [9.17, 15) is 4.79 Å². The molecule has 2 saturated heterocycles. The van der Waals surface area contributed by atoms with E-state index in [4.69, 9.17) is 4.74 Å². The van der Waals surface area contributed by atoms with Crippen LogP contribution in [0.15, 0.2) is 0 Å². The monoisotopic (exact) mass is 240 g/mol. The van der Waals surface area contributed by atoms with Crippen molar-refractivity contribution in [2.24, 2.45) is 11.8 Å². The van der Waals surface area contributed by atoms with Gasteiger partial charge >= 0.3 is 0 Å². The van der Waals surface area contributed by atoms with E-state index in [-0.39, 0.29) is 5.92 Å². The minimum Gasteiger partial charge on any atom is -0.381 e. The van der Waals surface area contributed by atoms with Crippen molar-refractivity contribution in [3.8, 4) is 0 Å². The fourth-order valence-electron chi connectivity index (χ4n) is 2.75. The summed E-state index contributed by atoms with van der Waals surface area (Å²) in [6, 6.07) is 0. The molecule has 0 aromatic heterocycles. The Kier molecular flexibility index (Phi) is 4.80. The van der Waals surface area contributed by atoms with Crippen LogP contribution in [0.3, 0.4) is 0 Å². The van der Waals surface area contributed by atoms with Gasteiger partial charge in [0.25, 0.3) is 0 Å². The zero-order valence-electron chi connectivity index (χ0n) is 10.8. The van der Waals surface area contributed by atoms with Crippen molar-refractivity contribution < 1.29 is 9.53 Å². The minimum absolute atomic E-state index is 0.117. The number of hydrogen-bond acceptors (Lipinski definition) is 3. The van der Waals surface area contributed by atoms with E-state index in [0.717, 1.165) is 39.2 Å². The summed E-state index contributed by atoms with van der Waals surface area (Å²) < 4.78 is 5.30. The van der Waals surface area contributed by atoms with Gasteiger partial charge in [-0.25, -0.2) is 0 Å². The van der Waals surface area contributed by atoms with E-state index < -0.39 is 0 Å². The highest BCUT2D eigenvalue weighted by Gasteiger charge is 2.28. The van der Waals surface area contributed by atoms with Gasteiger partial charge in [-0.05, 0) is 45.2 Å². The van der Waals surface area contributed by atoms with E-state index in [1.54, 1.807) is 0 Å². The third-order valence-electron chi connectivity index (χ3n) is 3.85. The lowest BCUT2D eigenvalue weighted by molar-refractivity contribution is -0.136. The summed E-state index contributed by atoms with van der Waals surface area (Å²) in [4.78, 5) is 14.3. The van der Waals surface area contributed by atoms with Crippen LogP contribution < -0.4 is 5.32 Å². The maximum absolute atomic E-state index is 12.3. The molecule has 2 rings (SSSR count). The Labute approximate surface area is 104 Å². The number of nitrogens with zero attached hydrogens (tertiary/aromatic N) is 1. The summed E-state index contributed by atoms with van der Waals surface area (Å²) in [5.41, 5.74) is 0. The minimum atomic E-state index is 0.117. The van der Waals surface area contributed by atoms with Gasteiger partial charge in [0.15, 0.2) is 0 Å². The van der Waals surface area contributed by atoms with Gasteiger partial charge in [-0.3, -0.25) is 4.79 Å². The summed E-state index contributed by atoms with van der Waals surface area (Å²) in [5, 5.41) is 3.41. The van der Waals surface area contributed by atoms with Crippen molar-refractivity contribution in [2.75, 3.05) is 39.4 Å². The molecule has 0 spiro atoms. The van der Waals surface area contributed by atoms with E-state index in [1.165, 1.54) is 12.8 Å². The van der Waals surface area contributed by atoms with Crippen molar-refractivity contribution >= 4 is 5.91 Å². The van der Waals surface area contributed by atoms with Crippen molar-refractivity contribution in [3.05, 3.63) is 0 Å². The molecule has 0 radical (unpaired) electrons. The normalized spacial score (nSPS) is 29.2. The molecular formula is C13H24N2O2. The van der Waals surface area contributed by atoms with Crippen LogP contribution in [-0.2, 0) is 9.53 Å². The van der Waals surface area contributed by atoms with Gasteiger partial charge in [0.1, 0.15) is 0 Å². The lowest BCUT2D eigenvalue weighted by Crippen LogP contribution is -2.43. The number of amides is 1. The number of nitrogens with one attached hydrogen (secondary N) is 1. The van der Waals surface area contributed by atoms with E-state index in [2.05, 4.69) is 12.2 Å². The maximum atomic E-state index is 12.3. The van der Waals surface area contributed by atoms with Crippen LogP contribution in [0.25, 0.3) is 0 Å². The lowest BCUT2D eigenvalue weighted by atomic mass is 9.98. The third kappa shape index (κ3) is 3.42. The Balaban J connectivity index is 1.83. The van der Waals surface area contributed by atoms with Gasteiger partial charge in [-0.15, -0.1) is 0 Å². The number of piperidine rings is 1. The summed E-state index contributed by atoms with van der Waals surface area (Å²) in [6.45, 7) is 7.38. The highest BCUT2D eigenvalue weighted by Crippen LogP contribution is 2.18. The van der Waals surface area contributed by atoms with Gasteiger partial charge in [0, 0.05) is 19.7 Å². The quantitative estimate of drug-likeness (QED) is 0.793. The SMILES string of the molecule is CCN(CC1CCCNC1)C(=O)C1CCOC1. The first-order chi connectivity index (χ1) is 8.31. The van der Waals surface area contributed by atoms with Gasteiger partial charge < -0.3 is 15.0 Å². The second kappa shape index (κ2) is 6.36. The molecule has 2 heterocycles. The molecular weight excluding hydrogens is 216 g/mol. The van der Waals surface area contributed by atoms with Crippen molar-refractivity contribution in [1.82, 2.24) is 10.2 Å². The van der Waals surface area contributed by atoms with Crippen molar-refractivity contribution in [3.63, 3.8) is 0 Å². The van der Waals surface area contributed by atoms with Crippen molar-refractivity contribution in [1.29, 1.82) is 0 Å². The summed E-state index contributed by atoms with van der Waals surface area (Å²) >= 11 is 0. The molecule has 0 aromatic carbocycles. The lowest BCUT2D eigenvalue weighted by Gasteiger charge is -2.30. The zero-order chi connectivity index (χ0) is 12.1. The largest absolute Gasteiger partial charge is 0.381 e. The molecule has 98 valence electrons. The molecule has 4 nitrogen and oxygen atoms in total. The molecule has 2 atom stereocenters. The van der Waals surface area contributed by atoms with Gasteiger partial charge in [0.2, 0.25) is 5.91 Å². The average molecular weight is 240 g/mol. The summed E-state index contributed by atoms with van der Waals surface area (Å²) in [5.74, 6) is 1.05. The summed E-state index contributed by atoms with van der Waals surface area (Å²) in [7, 11) is 0. The Hall–Kier alpha value is -0.610. The van der Waals surface area contributed by atoms with Gasteiger partial charge in [-0.2, -0.15) is 0 Å². The maximum Gasteiger partial charge on any atom is 0.228 e. The van der Waals surface area contributed by atoms with Crippen LogP contribution in [0, 0.1) is 11.8 Å². The first-order valence-electron chi connectivity index (χ1n) is 6.88. The van der Waals surface area contributed by atoms with Crippen LogP contribution in [0.4, 0.5) is 0 Å². The predicted octanol–water partition coefficient (Wildman–Crippen LogP) is 0.871. The Morgan fingerprint density at radius 3 is 2.94 bits per heavy atom. The summed E-state index contributed by atoms with van der Waals surface area (Å²) in [6.07, 6.45) is 3.39. The second-order valence-corrected chi connectivity index (χ2v) is 5.15. The Morgan fingerprint density at radius 2 is 2.35 bits per heavy atom. The van der Waals surface area contributed by atoms with Crippen LogP contribution >= 0.6 is 0 Å². The standard InChI is InChI=1S/C13H24N2O2/c1-2-15(9-11-4-3-6-14-8-11)13(16)12-5-7-17-10-12/h11-12,14H,2-10H2,1H3. The van der Waals surface area contributed by atoms with Crippen LogP contribution in [0.5, 0.6) is 0 Å². The first-order valence-corrected chi connectivity index (χ1v) is 6.88. The molecule has 0 saturated carbocycles. The molecule has 2 aliphatic heterocycles. The first kappa shape index (κ1) is 12.8. The number of carbonyl (C=O) groups is 1. The van der Waals surface area contributed by atoms with Gasteiger partial charge in [0.05, 0.1) is 12.5 Å². The van der Waals surface area contributed by atoms with Gasteiger partial charge in [-0.1, -0.05) is 0 Å². The molecule has 4 heteroatoms. The van der Waals surface area contributed by atoms with Crippen LogP contribution in [0.1, 0.15) is 26.2 Å². The molecule has 0 aromatic rings. The molecule has 0 aliphatic carbocycles. The molecule has 0 bridgehead atoms. The predicted molar refractivity (Wildman–Crippen MR) is 66.8 cm³/mol. The number of rotatable bonds is 4. The number of carbonyl (C=O) groups excluding carboxylic acids is 1. The molecule has 17 heavy (non-hydrogen) atoms. The number of hydrogen-bond donors (Lipinski definition) is 1. The molecule has 2 aliphatic rings. The molecule has 2 unspecified atom stereocenters. The van der Waals surface area contributed by atoms with Crippen LogP contribution in [-0.4, -0.2) is 50.2 Å². The highest BCUT2D eigenvalue weighted by molar-refractivity contribution is 5.79. The van der Waals surface area contributed by atoms with Crippen LogP contribution in [0.2, 0.25) is 0 Å². The topological polar surface area (TPSA) is 41.6 Å². The molecule has 1 amide bonds. The van der Waals surface area contributed by atoms with E-state index >= 15 is 0 Å². The highest BCUT2D eigenvalue weighted by atomic mass is 16.5. The van der Waals surface area contributed by atoms with E-state index in [0.29, 0.717) is 18.4 Å². The van der Waals surface area contributed by atoms with Crippen molar-refractivity contribution in [2.45, 2.75) is 26.2 Å². The van der Waals surface area contributed by atoms with E-state index in [1.807, 2.05) is 4.90 Å². The Bertz CT molecular complexity index is 246. The fourth-order valence-corrected chi connectivity index (χ4v) is 2.75. The zero-order valence-corrected chi connectivity index (χ0v) is 10.8. The second-order valence-electron chi connectivity index (χ2n) is 5.15. The third-order valence-corrected chi connectivity index (χ3v) is 3.85. The molecule has 1 N–H and O–H groups in total. The average Bonchev–Trinajstić information content (AvgIpc) is 2.90. The smallest absolute Gasteiger partial charge is 0.228 e. The Morgan fingerprint density at radius 1 is 1.47 bits per heavy atom.